The normalized spacial score (nSPS) is 15.3. The van der Waals surface area contributed by atoms with E-state index in [0.29, 0.717) is 6.07 Å². The van der Waals surface area contributed by atoms with Gasteiger partial charge < -0.3 is 10.4 Å². The maximum atomic E-state index is 13.3. The first-order valence-electron chi connectivity index (χ1n) is 6.02. The van der Waals surface area contributed by atoms with Crippen LogP contribution >= 0.6 is 0 Å². The zero-order valence-corrected chi connectivity index (χ0v) is 10.8. The molecule has 0 aliphatic carbocycles. The average molecular weight is 279 g/mol. The standard InChI is InChI=1S/C13H17F4NO/c1-3-8(2)18-12(7-19)9-4-10(13(15,16)17)6-11(14)5-9/h4-6,8,12,18-19H,3,7H2,1-2H3. The van der Waals surface area contributed by atoms with E-state index >= 15 is 0 Å². The van der Waals surface area contributed by atoms with Gasteiger partial charge in [-0.1, -0.05) is 6.92 Å². The number of hydrogen-bond acceptors (Lipinski definition) is 2. The molecule has 0 aromatic heterocycles. The summed E-state index contributed by atoms with van der Waals surface area (Å²) >= 11 is 0. The van der Waals surface area contributed by atoms with Gasteiger partial charge in [-0.05, 0) is 37.1 Å². The summed E-state index contributed by atoms with van der Waals surface area (Å²) < 4.78 is 51.0. The highest BCUT2D eigenvalue weighted by molar-refractivity contribution is 5.29. The molecular weight excluding hydrogens is 262 g/mol. The fourth-order valence-electron chi connectivity index (χ4n) is 1.69. The van der Waals surface area contributed by atoms with E-state index in [2.05, 4.69) is 5.32 Å². The first kappa shape index (κ1) is 15.9. The van der Waals surface area contributed by atoms with Crippen LogP contribution in [0.1, 0.15) is 37.4 Å². The molecule has 0 heterocycles. The monoisotopic (exact) mass is 279 g/mol. The maximum Gasteiger partial charge on any atom is 0.416 e. The van der Waals surface area contributed by atoms with Crippen LogP contribution < -0.4 is 5.32 Å². The lowest BCUT2D eigenvalue weighted by Gasteiger charge is -2.22. The van der Waals surface area contributed by atoms with E-state index in [1.165, 1.54) is 0 Å². The van der Waals surface area contributed by atoms with Crippen molar-refractivity contribution < 1.29 is 22.7 Å². The van der Waals surface area contributed by atoms with Crippen molar-refractivity contribution in [1.82, 2.24) is 5.32 Å². The zero-order valence-electron chi connectivity index (χ0n) is 10.8. The van der Waals surface area contributed by atoms with Crippen LogP contribution in [0.15, 0.2) is 18.2 Å². The Balaban J connectivity index is 3.07. The number of halogens is 4. The first-order chi connectivity index (χ1) is 8.77. The zero-order chi connectivity index (χ0) is 14.6. The molecule has 2 unspecified atom stereocenters. The summed E-state index contributed by atoms with van der Waals surface area (Å²) in [5.74, 6) is -0.964. The lowest BCUT2D eigenvalue weighted by atomic mass is 10.0. The minimum atomic E-state index is -4.60. The summed E-state index contributed by atoms with van der Waals surface area (Å²) in [6.07, 6.45) is -3.86. The molecule has 1 aromatic rings. The van der Waals surface area contributed by atoms with Gasteiger partial charge in [0.25, 0.3) is 0 Å². The molecule has 0 aliphatic heterocycles. The third-order valence-corrected chi connectivity index (χ3v) is 2.93. The number of nitrogens with one attached hydrogen (secondary N) is 1. The maximum absolute atomic E-state index is 13.3. The first-order valence-corrected chi connectivity index (χ1v) is 6.02. The van der Waals surface area contributed by atoms with Crippen LogP contribution in [-0.2, 0) is 6.18 Å². The highest BCUT2D eigenvalue weighted by Crippen LogP contribution is 2.31. The molecule has 2 atom stereocenters. The summed E-state index contributed by atoms with van der Waals surface area (Å²) in [4.78, 5) is 0. The van der Waals surface area contributed by atoms with Gasteiger partial charge in [-0.25, -0.2) is 4.39 Å². The van der Waals surface area contributed by atoms with Crippen molar-refractivity contribution in [1.29, 1.82) is 0 Å². The minimum Gasteiger partial charge on any atom is -0.394 e. The van der Waals surface area contributed by atoms with Crippen molar-refractivity contribution in [2.45, 2.75) is 38.5 Å². The summed E-state index contributed by atoms with van der Waals surface area (Å²) in [6.45, 7) is 3.34. The van der Waals surface area contributed by atoms with Crippen LogP contribution in [0.5, 0.6) is 0 Å². The van der Waals surface area contributed by atoms with Crippen molar-refractivity contribution >= 4 is 0 Å². The van der Waals surface area contributed by atoms with Gasteiger partial charge in [-0.3, -0.25) is 0 Å². The molecule has 0 amide bonds. The number of hydrogen-bond donors (Lipinski definition) is 2. The molecule has 2 N–H and O–H groups in total. The third-order valence-electron chi connectivity index (χ3n) is 2.93. The molecule has 19 heavy (non-hydrogen) atoms. The second-order valence-corrected chi connectivity index (χ2v) is 4.48. The average Bonchev–Trinajstić information content (AvgIpc) is 2.33. The van der Waals surface area contributed by atoms with Gasteiger partial charge in [0.1, 0.15) is 5.82 Å². The van der Waals surface area contributed by atoms with Gasteiger partial charge in [0.2, 0.25) is 0 Å². The molecule has 6 heteroatoms. The van der Waals surface area contributed by atoms with Crippen LogP contribution in [0.3, 0.4) is 0 Å². The van der Waals surface area contributed by atoms with E-state index in [1.54, 1.807) is 0 Å². The summed E-state index contributed by atoms with van der Waals surface area (Å²) in [5.41, 5.74) is -0.956. The molecule has 0 bridgehead atoms. The van der Waals surface area contributed by atoms with Gasteiger partial charge in [-0.2, -0.15) is 13.2 Å². The largest absolute Gasteiger partial charge is 0.416 e. The highest BCUT2D eigenvalue weighted by Gasteiger charge is 2.32. The van der Waals surface area contributed by atoms with Crippen LogP contribution in [0, 0.1) is 5.82 Å². The van der Waals surface area contributed by atoms with Crippen molar-refractivity contribution in [3.05, 3.63) is 35.1 Å². The Hall–Kier alpha value is -1.14. The summed E-state index contributed by atoms with van der Waals surface area (Å²) in [7, 11) is 0. The lowest BCUT2D eigenvalue weighted by Crippen LogP contribution is -2.32. The molecule has 108 valence electrons. The molecule has 0 saturated carbocycles. The Labute approximate surface area is 109 Å². The quantitative estimate of drug-likeness (QED) is 0.811. The SMILES string of the molecule is CCC(C)NC(CO)c1cc(F)cc(C(F)(F)F)c1. The Morgan fingerprint density at radius 1 is 1.26 bits per heavy atom. The molecule has 1 rings (SSSR count). The second kappa shape index (κ2) is 6.34. The molecule has 0 fully saturated rings. The van der Waals surface area contributed by atoms with Gasteiger partial charge in [0, 0.05) is 6.04 Å². The van der Waals surface area contributed by atoms with E-state index in [-0.39, 0.29) is 11.6 Å². The Morgan fingerprint density at radius 3 is 2.37 bits per heavy atom. The van der Waals surface area contributed by atoms with Crippen LogP contribution in [0.25, 0.3) is 0 Å². The topological polar surface area (TPSA) is 32.3 Å². The number of aliphatic hydroxyl groups is 1. The van der Waals surface area contributed by atoms with E-state index < -0.39 is 30.2 Å². The molecular formula is C13H17F4NO. The van der Waals surface area contributed by atoms with Crippen LogP contribution in [0.2, 0.25) is 0 Å². The van der Waals surface area contributed by atoms with Gasteiger partial charge in [0.05, 0.1) is 18.2 Å². The lowest BCUT2D eigenvalue weighted by molar-refractivity contribution is -0.137. The van der Waals surface area contributed by atoms with Crippen LogP contribution in [-0.4, -0.2) is 17.8 Å². The summed E-state index contributed by atoms with van der Waals surface area (Å²) in [6, 6.07) is 1.60. The molecule has 0 saturated heterocycles. The third kappa shape index (κ3) is 4.47. The van der Waals surface area contributed by atoms with Crippen molar-refractivity contribution in [3.8, 4) is 0 Å². The number of rotatable bonds is 5. The van der Waals surface area contributed by atoms with Gasteiger partial charge in [0.15, 0.2) is 0 Å². The van der Waals surface area contributed by atoms with Crippen molar-refractivity contribution in [2.24, 2.45) is 0 Å². The molecule has 0 aliphatic rings. The Bertz CT molecular complexity index is 420. The smallest absolute Gasteiger partial charge is 0.394 e. The second-order valence-electron chi connectivity index (χ2n) is 4.48. The van der Waals surface area contributed by atoms with E-state index in [0.717, 1.165) is 18.6 Å². The van der Waals surface area contributed by atoms with Gasteiger partial charge >= 0.3 is 6.18 Å². The number of benzene rings is 1. The predicted molar refractivity (Wildman–Crippen MR) is 64.1 cm³/mol. The molecule has 2 nitrogen and oxygen atoms in total. The molecule has 1 aromatic carbocycles. The fourth-order valence-corrected chi connectivity index (χ4v) is 1.69. The highest BCUT2D eigenvalue weighted by atomic mass is 19.4. The minimum absolute atomic E-state index is 0.00903. The number of aliphatic hydroxyl groups excluding tert-OH is 1. The summed E-state index contributed by atoms with van der Waals surface area (Å²) in [5, 5.41) is 12.2. The van der Waals surface area contributed by atoms with Crippen molar-refractivity contribution in [3.63, 3.8) is 0 Å². The predicted octanol–water partition coefficient (Wildman–Crippen LogP) is 3.27. The Kier molecular flexibility index (Phi) is 5.31. The number of alkyl halides is 3. The van der Waals surface area contributed by atoms with E-state index in [4.69, 9.17) is 0 Å². The molecule has 0 radical (unpaired) electrons. The van der Waals surface area contributed by atoms with Crippen molar-refractivity contribution in [2.75, 3.05) is 6.61 Å². The van der Waals surface area contributed by atoms with E-state index in [1.807, 2.05) is 13.8 Å². The molecule has 0 spiro atoms. The van der Waals surface area contributed by atoms with E-state index in [9.17, 15) is 22.7 Å². The fraction of sp³-hybridized carbons (Fsp3) is 0.538. The van der Waals surface area contributed by atoms with Gasteiger partial charge in [-0.15, -0.1) is 0 Å². The Morgan fingerprint density at radius 2 is 1.89 bits per heavy atom. The van der Waals surface area contributed by atoms with Crippen LogP contribution in [0.4, 0.5) is 17.6 Å².